The number of ether oxygens (including phenoxy) is 1. The van der Waals surface area contributed by atoms with Gasteiger partial charge < -0.3 is 10.1 Å². The van der Waals surface area contributed by atoms with Crippen molar-refractivity contribution in [1.82, 2.24) is 10.2 Å². The molecule has 1 saturated heterocycles. The van der Waals surface area contributed by atoms with Crippen LogP contribution in [-0.4, -0.2) is 58.3 Å². The van der Waals surface area contributed by atoms with Gasteiger partial charge in [-0.05, 0) is 13.0 Å². The van der Waals surface area contributed by atoms with Gasteiger partial charge >= 0.3 is 5.97 Å². The van der Waals surface area contributed by atoms with Gasteiger partial charge in [0.1, 0.15) is 0 Å². The summed E-state index contributed by atoms with van der Waals surface area (Å²) in [6.07, 6.45) is 0. The predicted molar refractivity (Wildman–Crippen MR) is 90.7 cm³/mol. The van der Waals surface area contributed by atoms with E-state index in [9.17, 15) is 29.3 Å². The first-order valence-electron chi connectivity index (χ1n) is 7.46. The molecule has 3 amide bonds. The van der Waals surface area contributed by atoms with Crippen molar-refractivity contribution in [3.05, 3.63) is 39.4 Å². The molecule has 2 rings (SSSR count). The topological polar surface area (TPSA) is 136 Å². The van der Waals surface area contributed by atoms with E-state index >= 15 is 0 Å². The number of carbonyl (C=O) groups excluding carboxylic acids is 4. The van der Waals surface area contributed by atoms with E-state index in [0.29, 0.717) is 0 Å². The van der Waals surface area contributed by atoms with Gasteiger partial charge in [0.2, 0.25) is 5.91 Å². The summed E-state index contributed by atoms with van der Waals surface area (Å²) in [4.78, 5) is 57.7. The minimum Gasteiger partial charge on any atom is -0.452 e. The van der Waals surface area contributed by atoms with Crippen molar-refractivity contribution in [3.8, 4) is 0 Å². The first-order chi connectivity index (χ1) is 12.3. The van der Waals surface area contributed by atoms with E-state index in [-0.39, 0.29) is 46.8 Å². The lowest BCUT2D eigenvalue weighted by Crippen LogP contribution is -2.38. The van der Waals surface area contributed by atoms with E-state index in [1.165, 1.54) is 25.1 Å². The fourth-order valence-corrected chi connectivity index (χ4v) is 2.96. The van der Waals surface area contributed by atoms with Gasteiger partial charge in [-0.25, -0.2) is 4.79 Å². The average Bonchev–Trinajstić information content (AvgIpc) is 2.91. The summed E-state index contributed by atoms with van der Waals surface area (Å²) in [5.74, 6) is -1.70. The lowest BCUT2D eigenvalue weighted by molar-refractivity contribution is -0.385. The maximum Gasteiger partial charge on any atom is 0.339 e. The number of rotatable bonds is 7. The van der Waals surface area contributed by atoms with Gasteiger partial charge in [-0.2, -0.15) is 0 Å². The van der Waals surface area contributed by atoms with Crippen molar-refractivity contribution in [2.75, 3.05) is 25.4 Å². The van der Waals surface area contributed by atoms with Gasteiger partial charge in [0.15, 0.2) is 6.61 Å². The summed E-state index contributed by atoms with van der Waals surface area (Å²) >= 11 is 0.896. The van der Waals surface area contributed by atoms with Crippen molar-refractivity contribution < 1.29 is 28.8 Å². The van der Waals surface area contributed by atoms with E-state index in [2.05, 4.69) is 5.32 Å². The fraction of sp³-hybridized carbons (Fsp3) is 0.333. The van der Waals surface area contributed by atoms with Crippen LogP contribution in [0.2, 0.25) is 0 Å². The Bertz CT molecular complexity index is 765. The molecule has 0 atom stereocenters. The predicted octanol–water partition coefficient (Wildman–Crippen LogP) is 0.872. The molecule has 10 nitrogen and oxygen atoms in total. The SMILES string of the molecule is Cc1c(C(=O)OCC(=O)NCCN2C(=O)CSC2=O)cccc1[N+](=O)[O-]. The molecule has 1 aliphatic heterocycles. The Morgan fingerprint density at radius 2 is 2.12 bits per heavy atom. The van der Waals surface area contributed by atoms with Crippen LogP contribution in [0.3, 0.4) is 0 Å². The summed E-state index contributed by atoms with van der Waals surface area (Å²) < 4.78 is 4.85. The summed E-state index contributed by atoms with van der Waals surface area (Å²) in [5, 5.41) is 12.9. The number of benzene rings is 1. The minimum atomic E-state index is -0.859. The van der Waals surface area contributed by atoms with E-state index < -0.39 is 23.4 Å². The molecule has 11 heteroatoms. The van der Waals surface area contributed by atoms with Crippen LogP contribution in [-0.2, 0) is 14.3 Å². The van der Waals surface area contributed by atoms with Crippen LogP contribution in [0.25, 0.3) is 0 Å². The summed E-state index contributed by atoms with van der Waals surface area (Å²) in [6.45, 7) is 0.896. The Labute approximate surface area is 152 Å². The maximum atomic E-state index is 12.0. The molecule has 0 spiro atoms. The highest BCUT2D eigenvalue weighted by Gasteiger charge is 2.29. The number of amides is 3. The highest BCUT2D eigenvalue weighted by atomic mass is 32.2. The molecule has 0 aromatic heterocycles. The van der Waals surface area contributed by atoms with Crippen LogP contribution < -0.4 is 5.32 Å². The molecule has 1 N–H and O–H groups in total. The first kappa shape index (κ1) is 19.4. The molecule has 138 valence electrons. The van der Waals surface area contributed by atoms with Gasteiger partial charge in [-0.1, -0.05) is 17.8 Å². The normalized spacial score (nSPS) is 13.7. The Kier molecular flexibility index (Phi) is 6.28. The van der Waals surface area contributed by atoms with Gasteiger partial charge in [0.05, 0.1) is 16.2 Å². The monoisotopic (exact) mass is 381 g/mol. The van der Waals surface area contributed by atoms with E-state index in [4.69, 9.17) is 4.74 Å². The number of nitrogens with zero attached hydrogens (tertiary/aromatic N) is 2. The van der Waals surface area contributed by atoms with E-state index in [0.717, 1.165) is 16.7 Å². The molecular weight excluding hydrogens is 366 g/mol. The van der Waals surface area contributed by atoms with Crippen LogP contribution in [0.5, 0.6) is 0 Å². The molecule has 1 heterocycles. The highest BCUT2D eigenvalue weighted by molar-refractivity contribution is 8.14. The number of nitro benzene ring substituents is 1. The fourth-order valence-electron chi connectivity index (χ4n) is 2.21. The molecule has 0 saturated carbocycles. The molecule has 1 aliphatic rings. The van der Waals surface area contributed by atoms with Gasteiger partial charge in [-0.3, -0.25) is 29.4 Å². The van der Waals surface area contributed by atoms with Crippen LogP contribution in [0.4, 0.5) is 10.5 Å². The Morgan fingerprint density at radius 1 is 1.38 bits per heavy atom. The van der Waals surface area contributed by atoms with Crippen molar-refractivity contribution in [1.29, 1.82) is 0 Å². The van der Waals surface area contributed by atoms with Gasteiger partial charge in [0.25, 0.3) is 16.8 Å². The highest BCUT2D eigenvalue weighted by Crippen LogP contribution is 2.21. The molecule has 1 aromatic rings. The van der Waals surface area contributed by atoms with Crippen LogP contribution in [0.1, 0.15) is 15.9 Å². The maximum absolute atomic E-state index is 12.0. The summed E-state index contributed by atoms with van der Waals surface area (Å²) in [6, 6.07) is 3.98. The molecule has 0 unspecified atom stereocenters. The number of nitrogens with one attached hydrogen (secondary N) is 1. The summed E-state index contributed by atoms with van der Waals surface area (Å²) in [5.41, 5.74) is -0.0783. The minimum absolute atomic E-state index is 0.00251. The number of nitro groups is 1. The molecule has 0 aliphatic carbocycles. The Balaban J connectivity index is 1.81. The lowest BCUT2D eigenvalue weighted by atomic mass is 10.1. The zero-order valence-corrected chi connectivity index (χ0v) is 14.5. The lowest BCUT2D eigenvalue weighted by Gasteiger charge is -2.13. The number of imide groups is 1. The molecule has 26 heavy (non-hydrogen) atoms. The number of hydrogen-bond acceptors (Lipinski definition) is 8. The van der Waals surface area contributed by atoms with Gasteiger partial charge in [0, 0.05) is 24.7 Å². The third kappa shape index (κ3) is 4.57. The van der Waals surface area contributed by atoms with Crippen LogP contribution in [0, 0.1) is 17.0 Å². The van der Waals surface area contributed by atoms with Crippen LogP contribution >= 0.6 is 11.8 Å². The second kappa shape index (κ2) is 8.43. The number of hydrogen-bond donors (Lipinski definition) is 1. The van der Waals surface area contributed by atoms with Crippen LogP contribution in [0.15, 0.2) is 18.2 Å². The average molecular weight is 381 g/mol. The number of thioether (sulfide) groups is 1. The molecule has 1 fully saturated rings. The van der Waals surface area contributed by atoms with E-state index in [1.807, 2.05) is 0 Å². The largest absolute Gasteiger partial charge is 0.452 e. The summed E-state index contributed by atoms with van der Waals surface area (Å²) in [7, 11) is 0. The third-order valence-corrected chi connectivity index (χ3v) is 4.41. The number of esters is 1. The smallest absolute Gasteiger partial charge is 0.339 e. The van der Waals surface area contributed by atoms with E-state index in [1.54, 1.807) is 0 Å². The zero-order chi connectivity index (χ0) is 19.3. The molecule has 0 bridgehead atoms. The first-order valence-corrected chi connectivity index (χ1v) is 8.44. The zero-order valence-electron chi connectivity index (χ0n) is 13.7. The van der Waals surface area contributed by atoms with Crippen molar-refractivity contribution in [2.45, 2.75) is 6.92 Å². The van der Waals surface area contributed by atoms with Gasteiger partial charge in [-0.15, -0.1) is 0 Å². The van der Waals surface area contributed by atoms with Crippen molar-refractivity contribution in [3.63, 3.8) is 0 Å². The third-order valence-electron chi connectivity index (χ3n) is 3.55. The van der Waals surface area contributed by atoms with Crippen molar-refractivity contribution in [2.24, 2.45) is 0 Å². The second-order valence-corrected chi connectivity index (χ2v) is 6.16. The molecular formula is C15H15N3O7S. The standard InChI is InChI=1S/C15H15N3O7S/c1-9-10(3-2-4-11(9)18(23)24)14(21)25-7-12(19)16-5-6-17-13(20)8-26-15(17)22/h2-4H,5-8H2,1H3,(H,16,19). The number of carbonyl (C=O) groups is 4. The molecule has 0 radical (unpaired) electrons. The second-order valence-electron chi connectivity index (χ2n) is 5.23. The quantitative estimate of drug-likeness (QED) is 0.417. The van der Waals surface area contributed by atoms with Crippen molar-refractivity contribution >= 4 is 40.5 Å². The Morgan fingerprint density at radius 3 is 2.73 bits per heavy atom. The Hall–Kier alpha value is -2.95. The molecule has 1 aromatic carbocycles.